The molecule has 0 spiro atoms. The average Bonchev–Trinajstić information content (AvgIpc) is 2.45. The van der Waals surface area contributed by atoms with Crippen LogP contribution in [0, 0.1) is 6.92 Å². The monoisotopic (exact) mass is 307 g/mol. The molecule has 0 radical (unpaired) electrons. The van der Waals surface area contributed by atoms with E-state index in [1.54, 1.807) is 0 Å². The molecule has 0 aromatic heterocycles. The molecule has 5 nitrogen and oxygen atoms in total. The predicted octanol–water partition coefficient (Wildman–Crippen LogP) is 2.39. The van der Waals surface area contributed by atoms with E-state index in [1.807, 2.05) is 44.9 Å². The minimum Gasteiger partial charge on any atom is -0.491 e. The van der Waals surface area contributed by atoms with Gasteiger partial charge in [0.05, 0.1) is 13.2 Å². The first-order chi connectivity index (χ1) is 10.5. The summed E-state index contributed by atoms with van der Waals surface area (Å²) >= 11 is 0. The third-order valence-electron chi connectivity index (χ3n) is 3.10. The third-order valence-corrected chi connectivity index (χ3v) is 3.10. The first kappa shape index (κ1) is 18.3. The van der Waals surface area contributed by atoms with E-state index < -0.39 is 0 Å². The van der Waals surface area contributed by atoms with Gasteiger partial charge in [-0.3, -0.25) is 0 Å². The van der Waals surface area contributed by atoms with Gasteiger partial charge in [0, 0.05) is 40.4 Å². The molecule has 0 aliphatic heterocycles. The van der Waals surface area contributed by atoms with E-state index >= 15 is 0 Å². The van der Waals surface area contributed by atoms with Gasteiger partial charge >= 0.3 is 0 Å². The van der Waals surface area contributed by atoms with Gasteiger partial charge in [0.1, 0.15) is 12.4 Å². The zero-order valence-electron chi connectivity index (χ0n) is 14.7. The molecular weight excluding hydrogens is 278 g/mol. The van der Waals surface area contributed by atoms with Gasteiger partial charge in [0.15, 0.2) is 5.96 Å². The molecule has 0 unspecified atom stereocenters. The van der Waals surface area contributed by atoms with Crippen molar-refractivity contribution in [1.82, 2.24) is 9.80 Å². The highest BCUT2D eigenvalue weighted by Gasteiger charge is 2.07. The van der Waals surface area contributed by atoms with E-state index in [4.69, 9.17) is 9.47 Å². The molecule has 0 aliphatic rings. The number of benzene rings is 1. The Morgan fingerprint density at radius 2 is 1.77 bits per heavy atom. The maximum absolute atomic E-state index is 5.85. The molecule has 0 saturated carbocycles. The smallest absolute Gasteiger partial charge is 0.195 e. The maximum atomic E-state index is 5.85. The normalized spacial score (nSPS) is 10.3. The summed E-state index contributed by atoms with van der Waals surface area (Å²) in [5, 5.41) is 0. The van der Waals surface area contributed by atoms with Crippen molar-refractivity contribution in [3.05, 3.63) is 29.3 Å². The Labute approximate surface area is 134 Å². The summed E-state index contributed by atoms with van der Waals surface area (Å²) in [5.41, 5.74) is 2.27. The molecule has 1 aromatic rings. The SMILES string of the molecule is CCOCCOc1cc(C)ccc1CN=C(N(C)C)N(C)C. The van der Waals surface area contributed by atoms with Gasteiger partial charge < -0.3 is 19.3 Å². The quantitative estimate of drug-likeness (QED) is 0.440. The summed E-state index contributed by atoms with van der Waals surface area (Å²) in [6.45, 7) is 6.51. The van der Waals surface area contributed by atoms with Gasteiger partial charge in [-0.1, -0.05) is 12.1 Å². The van der Waals surface area contributed by atoms with Crippen LogP contribution in [0.25, 0.3) is 0 Å². The van der Waals surface area contributed by atoms with Crippen molar-refractivity contribution < 1.29 is 9.47 Å². The lowest BCUT2D eigenvalue weighted by molar-refractivity contribution is 0.110. The number of rotatable bonds is 7. The molecule has 0 N–H and O–H groups in total. The van der Waals surface area contributed by atoms with Crippen LogP contribution in [0.15, 0.2) is 23.2 Å². The molecule has 124 valence electrons. The molecule has 0 aliphatic carbocycles. The van der Waals surface area contributed by atoms with Crippen molar-refractivity contribution >= 4 is 5.96 Å². The summed E-state index contributed by atoms with van der Waals surface area (Å²) in [6, 6.07) is 6.23. The van der Waals surface area contributed by atoms with Gasteiger partial charge in [-0.15, -0.1) is 0 Å². The molecule has 0 saturated heterocycles. The van der Waals surface area contributed by atoms with Crippen LogP contribution in [0.5, 0.6) is 5.75 Å². The van der Waals surface area contributed by atoms with Crippen LogP contribution in [-0.4, -0.2) is 63.8 Å². The van der Waals surface area contributed by atoms with Crippen LogP contribution in [0.4, 0.5) is 0 Å². The van der Waals surface area contributed by atoms with Crippen molar-refractivity contribution in [3.8, 4) is 5.75 Å². The van der Waals surface area contributed by atoms with E-state index in [1.165, 1.54) is 5.56 Å². The van der Waals surface area contributed by atoms with E-state index in [-0.39, 0.29) is 0 Å². The summed E-state index contributed by atoms with van der Waals surface area (Å²) in [5.74, 6) is 1.82. The van der Waals surface area contributed by atoms with Crippen LogP contribution in [-0.2, 0) is 11.3 Å². The van der Waals surface area contributed by atoms with Crippen LogP contribution >= 0.6 is 0 Å². The number of guanidine groups is 1. The number of aryl methyl sites for hydroxylation is 1. The predicted molar refractivity (Wildman–Crippen MR) is 91.7 cm³/mol. The van der Waals surface area contributed by atoms with Crippen molar-refractivity contribution in [1.29, 1.82) is 0 Å². The molecule has 0 fully saturated rings. The van der Waals surface area contributed by atoms with Crippen molar-refractivity contribution in [3.63, 3.8) is 0 Å². The lowest BCUT2D eigenvalue weighted by atomic mass is 10.1. The zero-order valence-corrected chi connectivity index (χ0v) is 14.7. The fourth-order valence-corrected chi connectivity index (χ4v) is 2.12. The molecule has 5 heteroatoms. The topological polar surface area (TPSA) is 37.3 Å². The Morgan fingerprint density at radius 3 is 2.36 bits per heavy atom. The van der Waals surface area contributed by atoms with Crippen LogP contribution < -0.4 is 4.74 Å². The summed E-state index contributed by atoms with van der Waals surface area (Å²) in [6.07, 6.45) is 0. The Morgan fingerprint density at radius 1 is 1.09 bits per heavy atom. The number of hydrogen-bond donors (Lipinski definition) is 0. The molecule has 1 rings (SSSR count). The Kier molecular flexibility index (Phi) is 7.74. The van der Waals surface area contributed by atoms with Crippen LogP contribution in [0.2, 0.25) is 0 Å². The van der Waals surface area contributed by atoms with E-state index in [2.05, 4.69) is 30.1 Å². The molecule has 1 aromatic carbocycles. The van der Waals surface area contributed by atoms with Crippen molar-refractivity contribution in [2.45, 2.75) is 20.4 Å². The Balaban J connectivity index is 2.82. The van der Waals surface area contributed by atoms with Crippen molar-refractivity contribution in [2.75, 3.05) is 48.0 Å². The zero-order chi connectivity index (χ0) is 16.5. The van der Waals surface area contributed by atoms with E-state index in [9.17, 15) is 0 Å². The molecule has 22 heavy (non-hydrogen) atoms. The highest BCUT2D eigenvalue weighted by atomic mass is 16.5. The molecule has 0 heterocycles. The lowest BCUT2D eigenvalue weighted by Gasteiger charge is -2.23. The van der Waals surface area contributed by atoms with Gasteiger partial charge in [-0.2, -0.15) is 0 Å². The number of hydrogen-bond acceptors (Lipinski definition) is 3. The minimum atomic E-state index is 0.558. The Hall–Kier alpha value is -1.75. The van der Waals surface area contributed by atoms with Gasteiger partial charge in [0.25, 0.3) is 0 Å². The second kappa shape index (κ2) is 9.30. The van der Waals surface area contributed by atoms with E-state index in [0.29, 0.717) is 26.4 Å². The number of ether oxygens (including phenoxy) is 2. The third kappa shape index (κ3) is 5.93. The highest BCUT2D eigenvalue weighted by Crippen LogP contribution is 2.21. The Bertz CT molecular complexity index is 475. The standard InChI is InChI=1S/C17H29N3O2/c1-7-21-10-11-22-16-12-14(2)8-9-15(16)13-18-17(19(3)4)20(5)6/h8-9,12H,7,10-11,13H2,1-6H3. The summed E-state index contributed by atoms with van der Waals surface area (Å²) in [4.78, 5) is 8.69. The fourth-order valence-electron chi connectivity index (χ4n) is 2.12. The number of nitrogens with zero attached hydrogens (tertiary/aromatic N) is 3. The second-order valence-corrected chi connectivity index (χ2v) is 5.56. The second-order valence-electron chi connectivity index (χ2n) is 5.56. The first-order valence-electron chi connectivity index (χ1n) is 7.64. The largest absolute Gasteiger partial charge is 0.491 e. The average molecular weight is 307 g/mol. The van der Waals surface area contributed by atoms with Gasteiger partial charge in [-0.25, -0.2) is 4.99 Å². The van der Waals surface area contributed by atoms with Crippen LogP contribution in [0.3, 0.4) is 0 Å². The fraction of sp³-hybridized carbons (Fsp3) is 0.588. The van der Waals surface area contributed by atoms with E-state index in [0.717, 1.165) is 17.3 Å². The molecule has 0 bridgehead atoms. The maximum Gasteiger partial charge on any atom is 0.195 e. The van der Waals surface area contributed by atoms with Gasteiger partial charge in [0.2, 0.25) is 0 Å². The molecule has 0 amide bonds. The molecule has 0 atom stereocenters. The molecular formula is C17H29N3O2. The highest BCUT2D eigenvalue weighted by molar-refractivity contribution is 5.79. The van der Waals surface area contributed by atoms with Crippen LogP contribution in [0.1, 0.15) is 18.1 Å². The minimum absolute atomic E-state index is 0.558. The summed E-state index contributed by atoms with van der Waals surface area (Å²) in [7, 11) is 7.97. The van der Waals surface area contributed by atoms with Crippen molar-refractivity contribution in [2.24, 2.45) is 4.99 Å². The number of aliphatic imine (C=N–C) groups is 1. The van der Waals surface area contributed by atoms with Gasteiger partial charge in [-0.05, 0) is 25.5 Å². The first-order valence-corrected chi connectivity index (χ1v) is 7.64. The summed E-state index contributed by atoms with van der Waals surface area (Å²) < 4.78 is 11.2. The lowest BCUT2D eigenvalue weighted by Crippen LogP contribution is -2.35.